The molecule has 3 aromatic rings. The second kappa shape index (κ2) is 27.5. The topological polar surface area (TPSA) is 239 Å². The van der Waals surface area contributed by atoms with Gasteiger partial charge in [0.15, 0.2) is 5.78 Å². The Balaban J connectivity index is 1.24. The Bertz CT molecular complexity index is 1780. The number of anilines is 1. The van der Waals surface area contributed by atoms with Crippen molar-refractivity contribution in [3.8, 4) is 5.75 Å². The van der Waals surface area contributed by atoms with E-state index in [1.54, 1.807) is 12.1 Å². The van der Waals surface area contributed by atoms with Crippen molar-refractivity contribution < 1.29 is 61.5 Å². The number of unbranched alkanes of at least 4 members (excludes halogenated alkanes) is 4. The van der Waals surface area contributed by atoms with Crippen LogP contribution in [0.5, 0.6) is 5.75 Å². The van der Waals surface area contributed by atoms with Crippen molar-refractivity contribution in [1.82, 2.24) is 15.3 Å². The largest absolute Gasteiger partial charge is 0.505 e. The van der Waals surface area contributed by atoms with Crippen LogP contribution in [0.4, 0.5) is 10.7 Å². The molecule has 1 amide bonds. The lowest BCUT2D eigenvalue weighted by Crippen LogP contribution is -2.28. The van der Waals surface area contributed by atoms with Gasteiger partial charge in [-0.2, -0.15) is 0 Å². The molecule has 0 atom stereocenters. The zero-order valence-corrected chi connectivity index (χ0v) is 33.4. The number of aromatic nitrogens is 2. The fourth-order valence-electron chi connectivity index (χ4n) is 5.30. The molecule has 2 aromatic carbocycles. The summed E-state index contributed by atoms with van der Waals surface area (Å²) >= 11 is 0. The molecule has 318 valence electrons. The van der Waals surface area contributed by atoms with E-state index in [0.717, 1.165) is 44.1 Å². The van der Waals surface area contributed by atoms with E-state index in [9.17, 15) is 27.6 Å². The van der Waals surface area contributed by atoms with Gasteiger partial charge in [-0.05, 0) is 61.1 Å². The number of amides is 1. The fourth-order valence-corrected chi connectivity index (χ4v) is 6.26. The predicted octanol–water partition coefficient (Wildman–Crippen LogP) is 5.08. The smallest absolute Gasteiger partial charge is 0.493 e. The van der Waals surface area contributed by atoms with Crippen LogP contribution < -0.4 is 14.8 Å². The van der Waals surface area contributed by atoms with Gasteiger partial charge in [-0.1, -0.05) is 43.5 Å². The van der Waals surface area contributed by atoms with Crippen molar-refractivity contribution in [3.05, 3.63) is 77.6 Å². The third-order valence-corrected chi connectivity index (χ3v) is 9.73. The summed E-state index contributed by atoms with van der Waals surface area (Å²) in [6, 6.07) is 14.4. The van der Waals surface area contributed by atoms with E-state index in [4.69, 9.17) is 29.2 Å². The Hall–Kier alpha value is -5.17. The lowest BCUT2D eigenvalue weighted by molar-refractivity contribution is -0.137. The average molecular weight is 831 g/mol. The van der Waals surface area contributed by atoms with Crippen LogP contribution in [0.15, 0.2) is 65.8 Å². The highest BCUT2D eigenvalue weighted by Gasteiger charge is 2.17. The highest BCUT2D eigenvalue weighted by Crippen LogP contribution is 2.19. The summed E-state index contributed by atoms with van der Waals surface area (Å²) in [5.74, 6) is -0.970. The van der Waals surface area contributed by atoms with Crippen LogP contribution in [0.25, 0.3) is 0 Å². The van der Waals surface area contributed by atoms with E-state index in [1.165, 1.54) is 30.1 Å². The Labute approximate surface area is 338 Å². The minimum absolute atomic E-state index is 0.0144. The maximum absolute atomic E-state index is 12.9. The molecule has 1 aromatic heterocycles. The number of nitrogens with zero attached hydrogens (tertiary/aromatic N) is 2. The zero-order chi connectivity index (χ0) is 41.9. The Kier molecular flexibility index (Phi) is 22.4. The van der Waals surface area contributed by atoms with Crippen LogP contribution in [-0.4, -0.2) is 112 Å². The van der Waals surface area contributed by atoms with Crippen molar-refractivity contribution in [3.63, 3.8) is 0 Å². The van der Waals surface area contributed by atoms with Gasteiger partial charge < -0.3 is 39.2 Å². The highest BCUT2D eigenvalue weighted by molar-refractivity contribution is 7.92. The molecule has 0 radical (unpaired) electrons. The third-order valence-electron chi connectivity index (χ3n) is 8.38. The summed E-state index contributed by atoms with van der Waals surface area (Å²) in [7, 11) is -4.01. The molecular weight excluding hydrogens is 777 g/mol. The number of rotatable bonds is 32. The van der Waals surface area contributed by atoms with Crippen molar-refractivity contribution in [2.75, 3.05) is 64.1 Å². The normalized spacial score (nSPS) is 11.2. The van der Waals surface area contributed by atoms with Crippen LogP contribution in [0.1, 0.15) is 79.3 Å². The summed E-state index contributed by atoms with van der Waals surface area (Å²) in [5, 5.41) is 19.7. The van der Waals surface area contributed by atoms with Gasteiger partial charge in [-0.15, -0.1) is 0 Å². The van der Waals surface area contributed by atoms with E-state index < -0.39 is 28.1 Å². The van der Waals surface area contributed by atoms with Gasteiger partial charge in [-0.3, -0.25) is 14.4 Å². The molecule has 0 bridgehead atoms. The Morgan fingerprint density at radius 2 is 1.28 bits per heavy atom. The van der Waals surface area contributed by atoms with Crippen molar-refractivity contribution >= 4 is 39.8 Å². The first kappa shape index (κ1) is 47.2. The number of carbonyl (C=O) groups is 4. The van der Waals surface area contributed by atoms with E-state index in [1.807, 2.05) is 0 Å². The minimum Gasteiger partial charge on any atom is -0.493 e. The molecule has 0 saturated carbocycles. The van der Waals surface area contributed by atoms with Gasteiger partial charge in [0.2, 0.25) is 5.95 Å². The van der Waals surface area contributed by atoms with Crippen LogP contribution in [-0.2, 0) is 51.4 Å². The van der Waals surface area contributed by atoms with Gasteiger partial charge in [0.1, 0.15) is 12.4 Å². The maximum atomic E-state index is 12.9. The summed E-state index contributed by atoms with van der Waals surface area (Å²) in [4.78, 5) is 53.0. The Morgan fingerprint density at radius 1 is 0.638 bits per heavy atom. The first-order valence-electron chi connectivity index (χ1n) is 19.3. The number of sulfonamides is 1. The molecule has 0 aliphatic rings. The van der Waals surface area contributed by atoms with Crippen LogP contribution >= 0.6 is 0 Å². The molecular formula is C40H54N4O13S. The monoisotopic (exact) mass is 830 g/mol. The fraction of sp³-hybridized carbons (Fsp3) is 0.500. The summed E-state index contributed by atoms with van der Waals surface area (Å²) in [6.45, 7) is 1.93. The van der Waals surface area contributed by atoms with Crippen molar-refractivity contribution in [2.45, 2.75) is 75.5 Å². The molecule has 0 saturated heterocycles. The molecule has 17 nitrogen and oxygen atoms in total. The quantitative estimate of drug-likeness (QED) is 0.0474. The SMILES string of the molecule is O=C(O)CCCCCCCc1ccc(CCOc2ccc(S(=O)(=O)Nc3ncc(C(=O)NCCOCCOCC(=O)CCCOCCCOC(=O)O)cn3)cc2)cc1. The Morgan fingerprint density at radius 3 is 1.98 bits per heavy atom. The number of nitrogens with one attached hydrogen (secondary N) is 2. The number of ketones is 1. The van der Waals surface area contributed by atoms with Crippen molar-refractivity contribution in [1.29, 1.82) is 0 Å². The molecule has 0 fully saturated rings. The number of hydrogen-bond acceptors (Lipinski definition) is 13. The van der Waals surface area contributed by atoms with Crippen LogP contribution in [0, 0.1) is 0 Å². The number of ether oxygens (including phenoxy) is 5. The molecule has 18 heteroatoms. The van der Waals surface area contributed by atoms with Gasteiger partial charge in [0, 0.05) is 57.8 Å². The molecule has 0 spiro atoms. The summed E-state index contributed by atoms with van der Waals surface area (Å²) in [5.41, 5.74) is 2.51. The number of aliphatic carboxylic acids is 1. The number of aryl methyl sites for hydroxylation is 1. The molecule has 0 unspecified atom stereocenters. The minimum atomic E-state index is -4.01. The first-order chi connectivity index (χ1) is 28.0. The lowest BCUT2D eigenvalue weighted by Gasteiger charge is -2.10. The van der Waals surface area contributed by atoms with Crippen molar-refractivity contribution in [2.24, 2.45) is 0 Å². The van der Waals surface area contributed by atoms with E-state index in [0.29, 0.717) is 51.3 Å². The number of carboxylic acids is 1. The molecule has 1 heterocycles. The molecule has 58 heavy (non-hydrogen) atoms. The number of hydrogen-bond donors (Lipinski definition) is 4. The van der Waals surface area contributed by atoms with Gasteiger partial charge in [-0.25, -0.2) is 27.9 Å². The van der Waals surface area contributed by atoms with Gasteiger partial charge in [0.05, 0.1) is 43.5 Å². The molecule has 4 N–H and O–H groups in total. The van der Waals surface area contributed by atoms with Gasteiger partial charge in [0.25, 0.3) is 15.9 Å². The second-order valence-corrected chi connectivity index (χ2v) is 14.8. The van der Waals surface area contributed by atoms with E-state index in [2.05, 4.69) is 49.0 Å². The third kappa shape index (κ3) is 20.8. The number of benzene rings is 2. The summed E-state index contributed by atoms with van der Waals surface area (Å²) < 4.78 is 54.4. The maximum Gasteiger partial charge on any atom is 0.505 e. The summed E-state index contributed by atoms with van der Waals surface area (Å²) in [6.07, 6.45) is 9.13. The van der Waals surface area contributed by atoms with Gasteiger partial charge >= 0.3 is 12.1 Å². The molecule has 0 aliphatic carbocycles. The predicted molar refractivity (Wildman–Crippen MR) is 212 cm³/mol. The average Bonchev–Trinajstić information content (AvgIpc) is 3.20. The zero-order valence-electron chi connectivity index (χ0n) is 32.6. The van der Waals surface area contributed by atoms with Crippen LogP contribution in [0.2, 0.25) is 0 Å². The highest BCUT2D eigenvalue weighted by atomic mass is 32.2. The standard InChI is InChI=1S/C40H54N4O13S/c45-34(9-6-21-53-22-7-23-57-40(49)50)30-55-27-26-54-25-20-41-38(48)33-28-42-39(43-29-33)44-58(51,52)36-17-15-35(16-18-36)56-24-19-32-13-11-31(12-14-32)8-4-2-1-3-5-10-37(46)47/h11-18,28-29H,1-10,19-27,30H2,(H,41,48)(H,46,47)(H,49,50)(H,42,43,44). The first-order valence-corrected chi connectivity index (χ1v) is 20.8. The number of carboxylic acid groups (broad SMARTS) is 2. The molecule has 3 rings (SSSR count). The van der Waals surface area contributed by atoms with E-state index >= 15 is 0 Å². The van der Waals surface area contributed by atoms with E-state index in [-0.39, 0.29) is 68.2 Å². The lowest BCUT2D eigenvalue weighted by atomic mass is 10.0. The number of Topliss-reactive ketones (excluding diaryl/α,β-unsaturated/α-hetero) is 1. The second-order valence-electron chi connectivity index (χ2n) is 13.1. The number of carbonyl (C=O) groups excluding carboxylic acids is 2. The van der Waals surface area contributed by atoms with Crippen LogP contribution in [0.3, 0.4) is 0 Å². The molecule has 0 aliphatic heterocycles.